The van der Waals surface area contributed by atoms with Crippen LogP contribution in [0.2, 0.25) is 10.0 Å². The predicted molar refractivity (Wildman–Crippen MR) is 95.2 cm³/mol. The van der Waals surface area contributed by atoms with E-state index in [4.69, 9.17) is 23.2 Å². The standard InChI is InChI=1S/C17H12Cl2N2OS/c18-11-6-4-10(14(19)8-11)5-7-16(22)21-17-13(9-20)12-2-1-3-15(12)23-17/h4-8H,1-3H2,(H,21,22)/b7-5+. The van der Waals surface area contributed by atoms with E-state index in [2.05, 4.69) is 11.4 Å². The first kappa shape index (κ1) is 16.1. The Morgan fingerprint density at radius 3 is 2.91 bits per heavy atom. The Morgan fingerprint density at radius 2 is 2.17 bits per heavy atom. The van der Waals surface area contributed by atoms with Crippen LogP contribution in [0.25, 0.3) is 6.08 Å². The van der Waals surface area contributed by atoms with Crippen LogP contribution in [0, 0.1) is 11.3 Å². The fraction of sp³-hybridized carbons (Fsp3) is 0.176. The number of carbonyl (C=O) groups is 1. The van der Waals surface area contributed by atoms with Crippen LogP contribution >= 0.6 is 34.5 Å². The zero-order chi connectivity index (χ0) is 16.4. The number of aryl methyl sites for hydroxylation is 1. The number of hydrogen-bond acceptors (Lipinski definition) is 3. The second kappa shape index (κ2) is 6.76. The summed E-state index contributed by atoms with van der Waals surface area (Å²) in [6.45, 7) is 0. The third-order valence-electron chi connectivity index (χ3n) is 3.65. The third-order valence-corrected chi connectivity index (χ3v) is 5.42. The van der Waals surface area contributed by atoms with E-state index in [9.17, 15) is 10.1 Å². The zero-order valence-corrected chi connectivity index (χ0v) is 14.4. The predicted octanol–water partition coefficient (Wildman–Crippen LogP) is 5.07. The fourth-order valence-corrected chi connectivity index (χ4v) is 4.28. The molecule has 0 saturated carbocycles. The van der Waals surface area contributed by atoms with E-state index in [-0.39, 0.29) is 5.91 Å². The van der Waals surface area contributed by atoms with Gasteiger partial charge in [-0.1, -0.05) is 29.3 Å². The number of anilines is 1. The summed E-state index contributed by atoms with van der Waals surface area (Å²) in [5.41, 5.74) is 2.41. The van der Waals surface area contributed by atoms with E-state index in [1.165, 1.54) is 22.3 Å². The molecule has 116 valence electrons. The lowest BCUT2D eigenvalue weighted by atomic mass is 10.1. The molecule has 0 atom stereocenters. The first-order valence-electron chi connectivity index (χ1n) is 7.07. The van der Waals surface area contributed by atoms with Gasteiger partial charge in [0.25, 0.3) is 0 Å². The average molecular weight is 363 g/mol. The largest absolute Gasteiger partial charge is 0.313 e. The molecule has 1 aliphatic rings. The van der Waals surface area contributed by atoms with E-state index in [1.54, 1.807) is 24.3 Å². The molecule has 1 aliphatic carbocycles. The highest BCUT2D eigenvalue weighted by Gasteiger charge is 2.22. The Kier molecular flexibility index (Phi) is 4.72. The molecule has 0 aliphatic heterocycles. The SMILES string of the molecule is N#Cc1c(NC(=O)/C=C/c2ccc(Cl)cc2Cl)sc2c1CCC2. The van der Waals surface area contributed by atoms with E-state index in [0.717, 1.165) is 24.8 Å². The Bertz CT molecular complexity index is 849. The maximum atomic E-state index is 12.1. The molecule has 2 aromatic rings. The van der Waals surface area contributed by atoms with Crippen molar-refractivity contribution in [2.24, 2.45) is 0 Å². The zero-order valence-electron chi connectivity index (χ0n) is 12.0. The van der Waals surface area contributed by atoms with E-state index >= 15 is 0 Å². The van der Waals surface area contributed by atoms with E-state index in [1.807, 2.05) is 0 Å². The van der Waals surface area contributed by atoms with Crippen LogP contribution in [0.3, 0.4) is 0 Å². The number of rotatable bonds is 3. The lowest BCUT2D eigenvalue weighted by Crippen LogP contribution is -2.07. The number of benzene rings is 1. The minimum absolute atomic E-state index is 0.285. The average Bonchev–Trinajstić information content (AvgIpc) is 3.06. The van der Waals surface area contributed by atoms with Crippen LogP contribution in [-0.4, -0.2) is 5.91 Å². The minimum atomic E-state index is -0.285. The number of amides is 1. The van der Waals surface area contributed by atoms with Crippen molar-refractivity contribution in [2.75, 3.05) is 5.32 Å². The Balaban J connectivity index is 1.75. The van der Waals surface area contributed by atoms with Crippen LogP contribution in [-0.2, 0) is 17.6 Å². The lowest BCUT2D eigenvalue weighted by molar-refractivity contribution is -0.111. The highest BCUT2D eigenvalue weighted by Crippen LogP contribution is 2.38. The van der Waals surface area contributed by atoms with Crippen molar-refractivity contribution in [3.8, 4) is 6.07 Å². The monoisotopic (exact) mass is 362 g/mol. The summed E-state index contributed by atoms with van der Waals surface area (Å²) < 4.78 is 0. The number of carbonyl (C=O) groups excluding carboxylic acids is 1. The molecular formula is C17H12Cl2N2OS. The molecule has 1 aromatic carbocycles. The number of fused-ring (bicyclic) bond motifs is 1. The van der Waals surface area contributed by atoms with Gasteiger partial charge in [-0.2, -0.15) is 5.26 Å². The number of nitriles is 1. The van der Waals surface area contributed by atoms with Gasteiger partial charge in [-0.05, 0) is 48.6 Å². The lowest BCUT2D eigenvalue weighted by Gasteiger charge is -2.01. The maximum absolute atomic E-state index is 12.1. The summed E-state index contributed by atoms with van der Waals surface area (Å²) in [6, 6.07) is 7.29. The summed E-state index contributed by atoms with van der Waals surface area (Å²) in [5.74, 6) is -0.285. The van der Waals surface area contributed by atoms with Crippen LogP contribution in [0.15, 0.2) is 24.3 Å². The molecule has 6 heteroatoms. The Labute approximate surface area is 148 Å². The molecule has 0 unspecified atom stereocenters. The molecule has 0 spiro atoms. The molecule has 3 rings (SSSR count). The number of nitrogens with one attached hydrogen (secondary N) is 1. The fourth-order valence-electron chi connectivity index (χ4n) is 2.57. The van der Waals surface area contributed by atoms with Gasteiger partial charge >= 0.3 is 0 Å². The van der Waals surface area contributed by atoms with Gasteiger partial charge in [0.1, 0.15) is 11.1 Å². The molecule has 0 saturated heterocycles. The van der Waals surface area contributed by atoms with Gasteiger partial charge in [0, 0.05) is 21.0 Å². The van der Waals surface area contributed by atoms with Crippen molar-refractivity contribution in [3.05, 3.63) is 55.9 Å². The third kappa shape index (κ3) is 3.42. The van der Waals surface area contributed by atoms with E-state index < -0.39 is 0 Å². The topological polar surface area (TPSA) is 52.9 Å². The van der Waals surface area contributed by atoms with Crippen LogP contribution in [0.4, 0.5) is 5.00 Å². The molecule has 1 N–H and O–H groups in total. The van der Waals surface area contributed by atoms with Gasteiger partial charge in [0.2, 0.25) is 5.91 Å². The summed E-state index contributed by atoms with van der Waals surface area (Å²) in [6.07, 6.45) is 6.02. The van der Waals surface area contributed by atoms with E-state index in [0.29, 0.717) is 26.2 Å². The van der Waals surface area contributed by atoms with Gasteiger partial charge in [-0.3, -0.25) is 4.79 Å². The van der Waals surface area contributed by atoms with Gasteiger partial charge in [0.15, 0.2) is 0 Å². The molecular weight excluding hydrogens is 351 g/mol. The summed E-state index contributed by atoms with van der Waals surface area (Å²) in [4.78, 5) is 13.3. The molecule has 3 nitrogen and oxygen atoms in total. The van der Waals surface area contributed by atoms with Crippen molar-refractivity contribution in [3.63, 3.8) is 0 Å². The van der Waals surface area contributed by atoms with Gasteiger partial charge in [-0.15, -0.1) is 11.3 Å². The number of hydrogen-bond donors (Lipinski definition) is 1. The van der Waals surface area contributed by atoms with Crippen molar-refractivity contribution in [1.29, 1.82) is 5.26 Å². The quantitative estimate of drug-likeness (QED) is 0.775. The smallest absolute Gasteiger partial charge is 0.249 e. The van der Waals surface area contributed by atoms with Crippen molar-refractivity contribution < 1.29 is 4.79 Å². The summed E-state index contributed by atoms with van der Waals surface area (Å²) >= 11 is 13.4. The second-order valence-corrected chi connectivity index (χ2v) is 7.11. The van der Waals surface area contributed by atoms with Gasteiger partial charge in [0.05, 0.1) is 5.56 Å². The summed E-state index contributed by atoms with van der Waals surface area (Å²) in [5, 5.41) is 13.8. The molecule has 0 radical (unpaired) electrons. The molecule has 0 fully saturated rings. The number of halogens is 2. The minimum Gasteiger partial charge on any atom is -0.313 e. The van der Waals surface area contributed by atoms with Gasteiger partial charge in [-0.25, -0.2) is 0 Å². The Morgan fingerprint density at radius 1 is 1.35 bits per heavy atom. The number of thiophene rings is 1. The first-order chi connectivity index (χ1) is 11.1. The second-order valence-electron chi connectivity index (χ2n) is 5.16. The first-order valence-corrected chi connectivity index (χ1v) is 8.64. The highest BCUT2D eigenvalue weighted by atomic mass is 35.5. The van der Waals surface area contributed by atoms with Crippen LogP contribution < -0.4 is 5.32 Å². The van der Waals surface area contributed by atoms with Crippen molar-refractivity contribution in [1.82, 2.24) is 0 Å². The number of nitrogens with zero attached hydrogens (tertiary/aromatic N) is 1. The van der Waals surface area contributed by atoms with Crippen LogP contribution in [0.1, 0.15) is 28.0 Å². The van der Waals surface area contributed by atoms with Gasteiger partial charge < -0.3 is 5.32 Å². The highest BCUT2D eigenvalue weighted by molar-refractivity contribution is 7.16. The maximum Gasteiger partial charge on any atom is 0.249 e. The van der Waals surface area contributed by atoms with Crippen molar-refractivity contribution >= 4 is 51.5 Å². The molecule has 0 bridgehead atoms. The van der Waals surface area contributed by atoms with Crippen LogP contribution in [0.5, 0.6) is 0 Å². The molecule has 23 heavy (non-hydrogen) atoms. The Hall–Kier alpha value is -1.80. The molecule has 1 amide bonds. The summed E-state index contributed by atoms with van der Waals surface area (Å²) in [7, 11) is 0. The normalized spacial score (nSPS) is 13.1. The molecule has 1 heterocycles. The van der Waals surface area contributed by atoms with Crippen molar-refractivity contribution in [2.45, 2.75) is 19.3 Å². The molecule has 1 aromatic heterocycles.